The van der Waals surface area contributed by atoms with Crippen LogP contribution in [0.15, 0.2) is 28.8 Å². The Bertz CT molecular complexity index is 2000. The van der Waals surface area contributed by atoms with E-state index in [1.165, 1.54) is 0 Å². The standard InChI is InChI=1S/C15H5N9O12/c25-1-12-2(26)16-3(27)22-11(35)24(4(16)28)36-15(12,22)23-9(33)20-8(32)21(10(23)34)14(20)13(12)17-5(29)18(13)7(31)19(14)6(17)30/h2,25-26H,1H2. The predicted molar refractivity (Wildman–Crippen MR) is 97.0 cm³/mol. The van der Waals surface area contributed by atoms with Gasteiger partial charge in [-0.3, -0.25) is 0 Å². The van der Waals surface area contributed by atoms with E-state index in [1.54, 1.807) is 0 Å². The topological polar surface area (TPSA) is 243 Å². The molecule has 2 N–H and O–H groups in total. The summed E-state index contributed by atoms with van der Waals surface area (Å²) in [6, 6.07) is -4.17. The third kappa shape index (κ3) is 0.954. The highest BCUT2D eigenvalue weighted by atomic mass is 16.7. The van der Waals surface area contributed by atoms with Crippen molar-refractivity contribution < 1.29 is 29.4 Å². The quantitative estimate of drug-likeness (QED) is 0.369. The SMILES string of the molecule is O=C1N2C(=O)N3C(=O)N1C31C23n2c(=O)n(c(=O)n3c2=O)C23On4c(=O)n(c(=O)n2c4=O)C(O)C31CO. The number of aliphatic hydroxyl groups excluding tert-OH is 2. The van der Waals surface area contributed by atoms with Gasteiger partial charge < -0.3 is 15.1 Å². The van der Waals surface area contributed by atoms with E-state index in [1.807, 2.05) is 0 Å². The lowest BCUT2D eigenvalue weighted by Gasteiger charge is -2.64. The molecule has 2 aromatic rings. The molecule has 0 aliphatic carbocycles. The van der Waals surface area contributed by atoms with Crippen molar-refractivity contribution in [2.75, 3.05) is 6.61 Å². The number of hydrogen-bond donors (Lipinski definition) is 2. The first-order chi connectivity index (χ1) is 17.0. The van der Waals surface area contributed by atoms with Crippen molar-refractivity contribution in [3.63, 3.8) is 0 Å². The zero-order valence-corrected chi connectivity index (χ0v) is 16.8. The van der Waals surface area contributed by atoms with Gasteiger partial charge >= 0.3 is 58.1 Å². The molecule has 11 rings (SSSR count). The number of fused-ring (bicyclic) bond motifs is 2. The number of nitrogens with zero attached hydrogens (tertiary/aromatic N) is 9. The number of imide groups is 3. The second kappa shape index (κ2) is 4.13. The van der Waals surface area contributed by atoms with Gasteiger partial charge in [-0.15, -0.1) is 0 Å². The van der Waals surface area contributed by atoms with Crippen LogP contribution in [0.3, 0.4) is 0 Å². The maximum atomic E-state index is 13.7. The first-order valence-corrected chi connectivity index (χ1v) is 10.0. The highest BCUT2D eigenvalue weighted by molar-refractivity contribution is 6.21. The Kier molecular flexibility index (Phi) is 2.10. The van der Waals surface area contributed by atoms with Crippen LogP contribution in [0.25, 0.3) is 0 Å². The van der Waals surface area contributed by atoms with Crippen molar-refractivity contribution in [2.45, 2.75) is 23.5 Å². The van der Waals surface area contributed by atoms with E-state index < -0.39 is 87.8 Å². The summed E-state index contributed by atoms with van der Waals surface area (Å²) in [5.41, 5.74) is -15.1. The van der Waals surface area contributed by atoms with Crippen LogP contribution >= 0.6 is 0 Å². The van der Waals surface area contributed by atoms with E-state index in [0.717, 1.165) is 0 Å². The zero-order valence-electron chi connectivity index (χ0n) is 16.8. The Morgan fingerprint density at radius 2 is 1.17 bits per heavy atom. The molecule has 21 nitrogen and oxygen atoms in total. The third-order valence-electron chi connectivity index (χ3n) is 8.45. The largest absolute Gasteiger partial charge is 0.395 e. The van der Waals surface area contributed by atoms with Crippen LogP contribution in [-0.4, -0.2) is 82.8 Å². The molecule has 0 aromatic carbocycles. The van der Waals surface area contributed by atoms with Gasteiger partial charge in [-0.05, 0) is 0 Å². The van der Waals surface area contributed by atoms with Gasteiger partial charge in [-0.2, -0.15) is 23.2 Å². The van der Waals surface area contributed by atoms with Crippen molar-refractivity contribution >= 4 is 18.1 Å². The first kappa shape index (κ1) is 18.3. The van der Waals surface area contributed by atoms with E-state index in [-0.39, 0.29) is 32.5 Å². The molecule has 3 saturated heterocycles. The lowest BCUT2D eigenvalue weighted by Crippen LogP contribution is -2.93. The normalized spacial score (nSPS) is 37.8. The first-order valence-electron chi connectivity index (χ1n) is 10.0. The second-order valence-electron chi connectivity index (χ2n) is 9.07. The Balaban J connectivity index is 1.66. The van der Waals surface area contributed by atoms with Gasteiger partial charge in [0.05, 0.1) is 6.61 Å². The van der Waals surface area contributed by atoms with Crippen LogP contribution in [0.5, 0.6) is 0 Å². The minimum Gasteiger partial charge on any atom is -0.395 e. The molecule has 36 heavy (non-hydrogen) atoms. The van der Waals surface area contributed by atoms with Crippen molar-refractivity contribution in [3.8, 4) is 0 Å². The molecule has 0 radical (unpaired) electrons. The van der Waals surface area contributed by atoms with Crippen LogP contribution in [-0.2, 0) is 11.6 Å². The van der Waals surface area contributed by atoms with Crippen molar-refractivity contribution in [3.05, 3.63) is 62.9 Å². The summed E-state index contributed by atoms with van der Waals surface area (Å²) in [7, 11) is 0. The molecule has 9 aliphatic rings. The van der Waals surface area contributed by atoms with E-state index in [0.29, 0.717) is 9.80 Å². The monoisotopic (exact) mass is 503 g/mol. The summed E-state index contributed by atoms with van der Waals surface area (Å²) in [5, 5.41) is 22.5. The average Bonchev–Trinajstić information content (AvgIpc) is 3.19. The number of rotatable bonds is 1. The van der Waals surface area contributed by atoms with Gasteiger partial charge in [0, 0.05) is 0 Å². The van der Waals surface area contributed by atoms with Gasteiger partial charge in [0.2, 0.25) is 5.66 Å². The minimum atomic E-state index is -3.25. The Hall–Kier alpha value is -5.05. The van der Waals surface area contributed by atoms with Crippen LogP contribution in [0.2, 0.25) is 0 Å². The predicted octanol–water partition coefficient (Wildman–Crippen LogP) is -7.77. The fourth-order valence-corrected chi connectivity index (χ4v) is 7.45. The lowest BCUT2D eigenvalue weighted by molar-refractivity contribution is -0.335. The molecule has 9 bridgehead atoms. The average molecular weight is 503 g/mol. The summed E-state index contributed by atoms with van der Waals surface area (Å²) in [6.45, 7) is -1.51. The molecule has 11 heterocycles. The summed E-state index contributed by atoms with van der Waals surface area (Å²) in [5.74, 6) is -6.02. The maximum Gasteiger partial charge on any atom is 0.375 e. The fourth-order valence-electron chi connectivity index (χ4n) is 7.45. The molecular formula is C15H5N9O12. The summed E-state index contributed by atoms with van der Waals surface area (Å²) >= 11 is 0. The highest BCUT2D eigenvalue weighted by Gasteiger charge is 3.04. The molecule has 3 atom stereocenters. The summed E-state index contributed by atoms with van der Waals surface area (Å²) < 4.78 is 0.660. The fraction of sp³-hybridized carbons (Fsp3) is 0.400. The molecule has 9 aliphatic heterocycles. The number of carbonyl (C=O) groups is 3. The van der Waals surface area contributed by atoms with Crippen LogP contribution in [0.1, 0.15) is 6.23 Å². The highest BCUT2D eigenvalue weighted by Crippen LogP contribution is 2.73. The second-order valence-corrected chi connectivity index (χ2v) is 9.07. The van der Waals surface area contributed by atoms with E-state index >= 15 is 0 Å². The number of aromatic nitrogens is 6. The number of aliphatic hydroxyl groups is 2. The molecule has 6 amide bonds. The Morgan fingerprint density at radius 1 is 0.667 bits per heavy atom. The van der Waals surface area contributed by atoms with Crippen LogP contribution < -0.4 is 39.0 Å². The number of amides is 6. The van der Waals surface area contributed by atoms with E-state index in [2.05, 4.69) is 0 Å². The molecular weight excluding hydrogens is 498 g/mol. The smallest absolute Gasteiger partial charge is 0.375 e. The van der Waals surface area contributed by atoms with Gasteiger partial charge in [-0.1, -0.05) is 4.73 Å². The minimum absolute atomic E-state index is 0.0480. The van der Waals surface area contributed by atoms with Gasteiger partial charge in [0.15, 0.2) is 11.6 Å². The van der Waals surface area contributed by atoms with Crippen molar-refractivity contribution in [1.82, 2.24) is 42.3 Å². The van der Waals surface area contributed by atoms with Crippen LogP contribution in [0.4, 0.5) is 14.4 Å². The molecule has 3 fully saturated rings. The molecule has 3 spiro atoms. The summed E-state index contributed by atoms with van der Waals surface area (Å²) in [4.78, 5) is 126. The van der Waals surface area contributed by atoms with E-state index in [4.69, 9.17) is 4.84 Å². The molecule has 3 unspecified atom stereocenters. The number of urea groups is 3. The molecule has 0 saturated carbocycles. The van der Waals surface area contributed by atoms with Crippen molar-refractivity contribution in [1.29, 1.82) is 0 Å². The van der Waals surface area contributed by atoms with Crippen molar-refractivity contribution in [2.24, 2.45) is 5.41 Å². The van der Waals surface area contributed by atoms with E-state index in [9.17, 15) is 53.4 Å². The zero-order chi connectivity index (χ0) is 25.4. The Morgan fingerprint density at radius 3 is 1.72 bits per heavy atom. The molecule has 2 aromatic heterocycles. The third-order valence-corrected chi connectivity index (χ3v) is 8.45. The number of hydrogen-bond acceptors (Lipinski definition) is 12. The summed E-state index contributed by atoms with van der Waals surface area (Å²) in [6.07, 6.45) is -2.62. The maximum absolute atomic E-state index is 13.7. The molecule has 182 valence electrons. The number of carbonyl (C=O) groups excluding carboxylic acids is 3. The van der Waals surface area contributed by atoms with Gasteiger partial charge in [-0.25, -0.2) is 57.5 Å². The van der Waals surface area contributed by atoms with Gasteiger partial charge in [0.25, 0.3) is 5.79 Å². The Labute approximate surface area is 189 Å². The lowest BCUT2D eigenvalue weighted by atomic mass is 9.62. The van der Waals surface area contributed by atoms with Crippen LogP contribution in [0, 0.1) is 5.41 Å². The molecule has 21 heteroatoms. The van der Waals surface area contributed by atoms with Gasteiger partial charge in [0.1, 0.15) is 0 Å².